The van der Waals surface area contributed by atoms with E-state index in [2.05, 4.69) is 0 Å². The Balaban J connectivity index is 2.33. The van der Waals surface area contributed by atoms with Gasteiger partial charge in [-0.05, 0) is 23.3 Å². The number of carboxylic acids is 1. The molecule has 0 fully saturated rings. The standard InChI is InChI=1S/C10H11NO3/c11-9(10(12)13)7-1-2-8-6(5-7)3-4-14-8/h1-2,5,9H,3-4,11H2,(H,12,13). The largest absolute Gasteiger partial charge is 0.493 e. The van der Waals surface area contributed by atoms with Crippen LogP contribution in [-0.4, -0.2) is 17.7 Å². The van der Waals surface area contributed by atoms with Gasteiger partial charge in [0.2, 0.25) is 0 Å². The molecule has 3 N–H and O–H groups in total. The zero-order chi connectivity index (χ0) is 10.1. The highest BCUT2D eigenvalue weighted by Crippen LogP contribution is 2.27. The van der Waals surface area contributed by atoms with Crippen LogP contribution in [0.3, 0.4) is 0 Å². The first-order chi connectivity index (χ1) is 6.68. The molecule has 0 saturated heterocycles. The second-order valence-corrected chi connectivity index (χ2v) is 3.28. The highest BCUT2D eigenvalue weighted by Gasteiger charge is 2.18. The molecule has 1 atom stereocenters. The molecule has 1 aromatic rings. The number of aliphatic carboxylic acids is 1. The highest BCUT2D eigenvalue weighted by molar-refractivity contribution is 5.75. The van der Waals surface area contributed by atoms with Crippen molar-refractivity contribution in [1.29, 1.82) is 0 Å². The Bertz CT molecular complexity index is 376. The lowest BCUT2D eigenvalue weighted by atomic mass is 10.0. The van der Waals surface area contributed by atoms with E-state index in [0.717, 1.165) is 17.7 Å². The predicted molar refractivity (Wildman–Crippen MR) is 50.2 cm³/mol. The van der Waals surface area contributed by atoms with E-state index in [9.17, 15) is 4.79 Å². The maximum atomic E-state index is 10.6. The van der Waals surface area contributed by atoms with Gasteiger partial charge in [0.25, 0.3) is 0 Å². The van der Waals surface area contributed by atoms with Crippen LogP contribution in [0.5, 0.6) is 5.75 Å². The molecule has 0 aromatic heterocycles. The molecule has 0 aliphatic carbocycles. The van der Waals surface area contributed by atoms with E-state index >= 15 is 0 Å². The molecule has 4 heteroatoms. The maximum Gasteiger partial charge on any atom is 0.325 e. The highest BCUT2D eigenvalue weighted by atomic mass is 16.5. The summed E-state index contributed by atoms with van der Waals surface area (Å²) in [6.45, 7) is 0.668. The molecule has 0 amide bonds. The lowest BCUT2D eigenvalue weighted by molar-refractivity contribution is -0.138. The summed E-state index contributed by atoms with van der Waals surface area (Å²) < 4.78 is 5.31. The van der Waals surface area contributed by atoms with Crippen LogP contribution in [0, 0.1) is 0 Å². The summed E-state index contributed by atoms with van der Waals surface area (Å²) in [7, 11) is 0. The Kier molecular flexibility index (Phi) is 2.13. The van der Waals surface area contributed by atoms with Crippen LogP contribution < -0.4 is 10.5 Å². The first-order valence-electron chi connectivity index (χ1n) is 4.42. The van der Waals surface area contributed by atoms with Crippen LogP contribution >= 0.6 is 0 Å². The normalized spacial score (nSPS) is 15.8. The van der Waals surface area contributed by atoms with E-state index < -0.39 is 12.0 Å². The molecule has 1 aliphatic rings. The van der Waals surface area contributed by atoms with Gasteiger partial charge in [0.1, 0.15) is 11.8 Å². The van der Waals surface area contributed by atoms with E-state index in [-0.39, 0.29) is 0 Å². The molecule has 0 radical (unpaired) electrons. The van der Waals surface area contributed by atoms with Crippen LogP contribution in [0.4, 0.5) is 0 Å². The Hall–Kier alpha value is -1.55. The molecule has 74 valence electrons. The smallest absolute Gasteiger partial charge is 0.325 e. The number of benzene rings is 1. The van der Waals surface area contributed by atoms with Gasteiger partial charge in [-0.3, -0.25) is 4.79 Å². The van der Waals surface area contributed by atoms with Gasteiger partial charge in [0.05, 0.1) is 6.61 Å². The first kappa shape index (κ1) is 9.02. The van der Waals surface area contributed by atoms with Crippen molar-refractivity contribution in [2.24, 2.45) is 5.73 Å². The third-order valence-corrected chi connectivity index (χ3v) is 2.34. The summed E-state index contributed by atoms with van der Waals surface area (Å²) >= 11 is 0. The van der Waals surface area contributed by atoms with Crippen LogP contribution in [0.15, 0.2) is 18.2 Å². The zero-order valence-corrected chi connectivity index (χ0v) is 7.56. The molecule has 1 heterocycles. The quantitative estimate of drug-likeness (QED) is 0.725. The Morgan fingerprint density at radius 3 is 3.07 bits per heavy atom. The number of carboxylic acid groups (broad SMARTS) is 1. The van der Waals surface area contributed by atoms with Crippen LogP contribution in [0.25, 0.3) is 0 Å². The average molecular weight is 193 g/mol. The van der Waals surface area contributed by atoms with Crippen molar-refractivity contribution in [3.8, 4) is 5.75 Å². The van der Waals surface area contributed by atoms with Crippen molar-refractivity contribution < 1.29 is 14.6 Å². The minimum absolute atomic E-state index is 0.627. The van der Waals surface area contributed by atoms with Crippen LogP contribution in [-0.2, 0) is 11.2 Å². The molecule has 2 rings (SSSR count). The maximum absolute atomic E-state index is 10.6. The van der Waals surface area contributed by atoms with E-state index in [4.69, 9.17) is 15.6 Å². The molecule has 14 heavy (non-hydrogen) atoms. The summed E-state index contributed by atoms with van der Waals surface area (Å²) in [4.78, 5) is 10.6. The molecule has 0 saturated carbocycles. The van der Waals surface area contributed by atoms with Gasteiger partial charge >= 0.3 is 5.97 Å². The number of ether oxygens (including phenoxy) is 1. The fraction of sp³-hybridized carbons (Fsp3) is 0.300. The summed E-state index contributed by atoms with van der Waals surface area (Å²) in [5.74, 6) is -0.171. The summed E-state index contributed by atoms with van der Waals surface area (Å²) in [5.41, 5.74) is 7.16. The lowest BCUT2D eigenvalue weighted by Crippen LogP contribution is -2.20. The van der Waals surface area contributed by atoms with Gasteiger partial charge in [-0.2, -0.15) is 0 Å². The number of hydrogen-bond donors (Lipinski definition) is 2. The number of carbonyl (C=O) groups is 1. The molecule has 1 unspecified atom stereocenters. The van der Waals surface area contributed by atoms with Crippen molar-refractivity contribution in [1.82, 2.24) is 0 Å². The minimum atomic E-state index is -1.01. The molecule has 0 bridgehead atoms. The fourth-order valence-corrected chi connectivity index (χ4v) is 1.54. The first-order valence-corrected chi connectivity index (χ1v) is 4.42. The molecule has 1 aromatic carbocycles. The number of fused-ring (bicyclic) bond motifs is 1. The van der Waals surface area contributed by atoms with Gasteiger partial charge in [0.15, 0.2) is 0 Å². The Labute approximate surface area is 81.3 Å². The molecule has 4 nitrogen and oxygen atoms in total. The SMILES string of the molecule is NC(C(=O)O)c1ccc2c(c1)CCO2. The summed E-state index contributed by atoms with van der Waals surface area (Å²) in [6, 6.07) is 4.34. The zero-order valence-electron chi connectivity index (χ0n) is 7.56. The topological polar surface area (TPSA) is 72.6 Å². The molecule has 1 aliphatic heterocycles. The fourth-order valence-electron chi connectivity index (χ4n) is 1.54. The monoisotopic (exact) mass is 193 g/mol. The van der Waals surface area contributed by atoms with Crippen LogP contribution in [0.2, 0.25) is 0 Å². The van der Waals surface area contributed by atoms with E-state index in [1.807, 2.05) is 0 Å². The second kappa shape index (κ2) is 3.31. The van der Waals surface area contributed by atoms with Gasteiger partial charge < -0.3 is 15.6 Å². The van der Waals surface area contributed by atoms with Crippen molar-refractivity contribution >= 4 is 5.97 Å². The predicted octanol–water partition coefficient (Wildman–Crippen LogP) is 0.706. The van der Waals surface area contributed by atoms with Crippen molar-refractivity contribution in [2.45, 2.75) is 12.5 Å². The average Bonchev–Trinajstić information content (AvgIpc) is 2.62. The minimum Gasteiger partial charge on any atom is -0.493 e. The summed E-state index contributed by atoms with van der Waals surface area (Å²) in [6.07, 6.45) is 0.829. The number of nitrogens with two attached hydrogens (primary N) is 1. The Morgan fingerprint density at radius 2 is 2.36 bits per heavy atom. The van der Waals surface area contributed by atoms with Crippen LogP contribution in [0.1, 0.15) is 17.2 Å². The number of rotatable bonds is 2. The summed E-state index contributed by atoms with van der Waals surface area (Å²) in [5, 5.41) is 8.73. The van der Waals surface area contributed by atoms with E-state index in [1.54, 1.807) is 18.2 Å². The lowest BCUT2D eigenvalue weighted by Gasteiger charge is -2.07. The van der Waals surface area contributed by atoms with Crippen molar-refractivity contribution in [3.63, 3.8) is 0 Å². The van der Waals surface area contributed by atoms with Crippen molar-refractivity contribution in [3.05, 3.63) is 29.3 Å². The van der Waals surface area contributed by atoms with E-state index in [1.165, 1.54) is 0 Å². The van der Waals surface area contributed by atoms with Gasteiger partial charge in [-0.1, -0.05) is 6.07 Å². The number of hydrogen-bond acceptors (Lipinski definition) is 3. The third kappa shape index (κ3) is 1.44. The van der Waals surface area contributed by atoms with E-state index in [0.29, 0.717) is 12.2 Å². The second-order valence-electron chi connectivity index (χ2n) is 3.28. The Morgan fingerprint density at radius 1 is 1.57 bits per heavy atom. The third-order valence-electron chi connectivity index (χ3n) is 2.34. The van der Waals surface area contributed by atoms with Gasteiger partial charge in [-0.25, -0.2) is 0 Å². The van der Waals surface area contributed by atoms with Gasteiger partial charge in [0, 0.05) is 6.42 Å². The molecular formula is C10H11NO3. The van der Waals surface area contributed by atoms with Gasteiger partial charge in [-0.15, -0.1) is 0 Å². The molecular weight excluding hydrogens is 182 g/mol. The van der Waals surface area contributed by atoms with Crippen molar-refractivity contribution in [2.75, 3.05) is 6.61 Å². The molecule has 0 spiro atoms.